The summed E-state index contributed by atoms with van der Waals surface area (Å²) in [6, 6.07) is 8.28. The van der Waals surface area contributed by atoms with Crippen LogP contribution in [0.15, 0.2) is 29.3 Å². The van der Waals surface area contributed by atoms with Crippen molar-refractivity contribution in [2.24, 2.45) is 10.4 Å². The Bertz CT molecular complexity index is 877. The second-order valence-electron chi connectivity index (χ2n) is 8.36. The molecule has 1 saturated heterocycles. The molecule has 1 N–H and O–H groups in total. The highest BCUT2D eigenvalue weighted by atomic mass is 16.5. The molecule has 148 valence electrons. The molecule has 0 radical (unpaired) electrons. The van der Waals surface area contributed by atoms with Crippen molar-refractivity contribution in [3.63, 3.8) is 0 Å². The van der Waals surface area contributed by atoms with Gasteiger partial charge in [0.15, 0.2) is 5.82 Å². The Hall–Kier alpha value is -2.47. The molecule has 3 heterocycles. The number of hydrogen-bond donors (Lipinski definition) is 1. The number of fused-ring (bicyclic) bond motifs is 1. The Kier molecular flexibility index (Phi) is 5.06. The van der Waals surface area contributed by atoms with E-state index in [9.17, 15) is 0 Å². The molecule has 0 aliphatic carbocycles. The van der Waals surface area contributed by atoms with E-state index in [0.717, 1.165) is 73.6 Å². The van der Waals surface area contributed by atoms with Gasteiger partial charge in [-0.1, -0.05) is 20.8 Å². The summed E-state index contributed by atoms with van der Waals surface area (Å²) >= 11 is 0. The number of aliphatic imine (C=N–C) groups is 1. The lowest BCUT2D eigenvalue weighted by atomic mass is 9.84. The van der Waals surface area contributed by atoms with Crippen LogP contribution in [0.4, 0.5) is 11.5 Å². The summed E-state index contributed by atoms with van der Waals surface area (Å²) in [4.78, 5) is 17.3. The van der Waals surface area contributed by atoms with Gasteiger partial charge in [-0.2, -0.15) is 0 Å². The van der Waals surface area contributed by atoms with E-state index in [1.807, 2.05) is 7.05 Å². The predicted molar refractivity (Wildman–Crippen MR) is 115 cm³/mol. The van der Waals surface area contributed by atoms with E-state index in [1.165, 1.54) is 5.56 Å². The lowest BCUT2D eigenvalue weighted by Crippen LogP contribution is -2.39. The van der Waals surface area contributed by atoms with E-state index in [4.69, 9.17) is 19.7 Å². The fourth-order valence-electron chi connectivity index (χ4n) is 3.80. The quantitative estimate of drug-likeness (QED) is 0.885. The monoisotopic (exact) mass is 379 g/mol. The van der Waals surface area contributed by atoms with Gasteiger partial charge in [0.2, 0.25) is 0 Å². The predicted octanol–water partition coefficient (Wildman–Crippen LogP) is 3.41. The molecule has 2 aromatic rings. The van der Waals surface area contributed by atoms with Crippen molar-refractivity contribution in [2.75, 3.05) is 50.1 Å². The number of hydrogen-bond acceptors (Lipinski definition) is 6. The summed E-state index contributed by atoms with van der Waals surface area (Å²) in [7, 11) is 1.92. The Morgan fingerprint density at radius 2 is 1.75 bits per heavy atom. The van der Waals surface area contributed by atoms with Crippen LogP contribution in [-0.2, 0) is 11.2 Å². The van der Waals surface area contributed by atoms with Gasteiger partial charge in [-0.3, -0.25) is 4.99 Å². The van der Waals surface area contributed by atoms with Crippen LogP contribution in [0.1, 0.15) is 32.0 Å². The second-order valence-corrected chi connectivity index (χ2v) is 8.36. The Morgan fingerprint density at radius 1 is 1.04 bits per heavy atom. The number of benzene rings is 1. The summed E-state index contributed by atoms with van der Waals surface area (Å²) in [5, 5.41) is 3.16. The van der Waals surface area contributed by atoms with Crippen LogP contribution in [0, 0.1) is 5.41 Å². The fourth-order valence-corrected chi connectivity index (χ4v) is 3.80. The van der Waals surface area contributed by atoms with Gasteiger partial charge >= 0.3 is 0 Å². The van der Waals surface area contributed by atoms with Crippen molar-refractivity contribution >= 4 is 17.2 Å². The Morgan fingerprint density at radius 3 is 2.39 bits per heavy atom. The van der Waals surface area contributed by atoms with Gasteiger partial charge in [0, 0.05) is 48.9 Å². The van der Waals surface area contributed by atoms with Gasteiger partial charge in [0.25, 0.3) is 0 Å². The van der Waals surface area contributed by atoms with Crippen molar-refractivity contribution in [1.82, 2.24) is 9.97 Å². The maximum Gasteiger partial charge on any atom is 0.162 e. The summed E-state index contributed by atoms with van der Waals surface area (Å²) in [5.41, 5.74) is 5.38. The summed E-state index contributed by atoms with van der Waals surface area (Å²) in [6.07, 6.45) is 0.889. The van der Waals surface area contributed by atoms with E-state index in [0.29, 0.717) is 0 Å². The third-order valence-corrected chi connectivity index (χ3v) is 5.29. The zero-order chi connectivity index (χ0) is 19.7. The molecule has 2 aliphatic rings. The topological polar surface area (TPSA) is 62.6 Å². The molecule has 0 atom stereocenters. The van der Waals surface area contributed by atoms with Crippen LogP contribution < -0.4 is 10.2 Å². The van der Waals surface area contributed by atoms with Crippen molar-refractivity contribution < 1.29 is 4.74 Å². The van der Waals surface area contributed by atoms with Gasteiger partial charge < -0.3 is 15.0 Å². The molecule has 0 bridgehead atoms. The minimum Gasteiger partial charge on any atom is -0.388 e. The summed E-state index contributed by atoms with van der Waals surface area (Å²) < 4.78 is 5.57. The highest BCUT2D eigenvalue weighted by Crippen LogP contribution is 2.33. The Labute approximate surface area is 167 Å². The van der Waals surface area contributed by atoms with Crippen LogP contribution in [0.3, 0.4) is 0 Å². The van der Waals surface area contributed by atoms with Crippen LogP contribution >= 0.6 is 0 Å². The van der Waals surface area contributed by atoms with Crippen molar-refractivity contribution in [3.8, 4) is 11.4 Å². The SMILES string of the molecule is CNc1ccc(-c2nc3c(c(N4CCOCC4)n2)CCN=C3C(C)(C)C)cc1. The zero-order valence-electron chi connectivity index (χ0n) is 17.2. The molecular weight excluding hydrogens is 350 g/mol. The first-order chi connectivity index (χ1) is 13.5. The maximum atomic E-state index is 5.57. The normalized spacial score (nSPS) is 17.1. The van der Waals surface area contributed by atoms with Gasteiger partial charge in [0.05, 0.1) is 24.6 Å². The van der Waals surface area contributed by atoms with Gasteiger partial charge in [0.1, 0.15) is 5.82 Å². The summed E-state index contributed by atoms with van der Waals surface area (Å²) in [6.45, 7) is 10.6. The van der Waals surface area contributed by atoms with E-state index >= 15 is 0 Å². The molecule has 6 heteroatoms. The molecule has 0 spiro atoms. The molecule has 28 heavy (non-hydrogen) atoms. The van der Waals surface area contributed by atoms with Gasteiger partial charge in [-0.15, -0.1) is 0 Å². The fraction of sp³-hybridized carbons (Fsp3) is 0.500. The van der Waals surface area contributed by atoms with Crippen molar-refractivity contribution in [2.45, 2.75) is 27.2 Å². The molecule has 0 saturated carbocycles. The standard InChI is InChI=1S/C22H29N5O/c1-22(2,3)19-18-17(9-10-24-19)21(27-11-13-28-14-12-27)26-20(25-18)15-5-7-16(23-4)8-6-15/h5-8,23H,9-14H2,1-4H3. The molecule has 1 fully saturated rings. The van der Waals surface area contributed by atoms with E-state index in [1.54, 1.807) is 0 Å². The second kappa shape index (κ2) is 7.51. The van der Waals surface area contributed by atoms with Crippen LogP contribution in [0.5, 0.6) is 0 Å². The molecule has 1 aromatic heterocycles. The first kappa shape index (κ1) is 18.9. The number of ether oxygens (including phenoxy) is 1. The molecule has 0 unspecified atom stereocenters. The molecule has 0 amide bonds. The highest BCUT2D eigenvalue weighted by molar-refractivity contribution is 6.05. The highest BCUT2D eigenvalue weighted by Gasteiger charge is 2.31. The lowest BCUT2D eigenvalue weighted by molar-refractivity contribution is 0.122. The maximum absolute atomic E-state index is 5.57. The number of morpholine rings is 1. The Balaban J connectivity index is 1.86. The van der Waals surface area contributed by atoms with Crippen molar-refractivity contribution in [1.29, 1.82) is 0 Å². The molecule has 6 nitrogen and oxygen atoms in total. The zero-order valence-corrected chi connectivity index (χ0v) is 17.2. The average molecular weight is 380 g/mol. The largest absolute Gasteiger partial charge is 0.388 e. The van der Waals surface area contributed by atoms with Crippen LogP contribution in [-0.4, -0.2) is 55.6 Å². The lowest BCUT2D eigenvalue weighted by Gasteiger charge is -2.33. The average Bonchev–Trinajstić information content (AvgIpc) is 2.72. The number of aromatic nitrogens is 2. The number of nitrogens with one attached hydrogen (secondary N) is 1. The van der Waals surface area contributed by atoms with Crippen molar-refractivity contribution in [3.05, 3.63) is 35.5 Å². The van der Waals surface area contributed by atoms with E-state index in [2.05, 4.69) is 55.3 Å². The first-order valence-corrected chi connectivity index (χ1v) is 10.0. The third-order valence-electron chi connectivity index (χ3n) is 5.29. The number of nitrogens with zero attached hydrogens (tertiary/aromatic N) is 4. The molecule has 4 rings (SSSR count). The third kappa shape index (κ3) is 3.61. The van der Waals surface area contributed by atoms with Gasteiger partial charge in [-0.25, -0.2) is 9.97 Å². The smallest absolute Gasteiger partial charge is 0.162 e. The number of anilines is 2. The van der Waals surface area contributed by atoms with Crippen LogP contribution in [0.25, 0.3) is 11.4 Å². The summed E-state index contributed by atoms with van der Waals surface area (Å²) in [5.74, 6) is 1.82. The number of rotatable bonds is 3. The first-order valence-electron chi connectivity index (χ1n) is 10.0. The van der Waals surface area contributed by atoms with E-state index in [-0.39, 0.29) is 5.41 Å². The molecule has 1 aromatic carbocycles. The van der Waals surface area contributed by atoms with Gasteiger partial charge in [-0.05, 0) is 30.7 Å². The minimum atomic E-state index is -0.0565. The van der Waals surface area contributed by atoms with E-state index < -0.39 is 0 Å². The van der Waals surface area contributed by atoms with Crippen LogP contribution in [0.2, 0.25) is 0 Å². The molecule has 2 aliphatic heterocycles. The molecular formula is C22H29N5O. The minimum absolute atomic E-state index is 0.0565.